The van der Waals surface area contributed by atoms with E-state index >= 15 is 0 Å². The number of sulfone groups is 1. The van der Waals surface area contributed by atoms with Crippen molar-refractivity contribution in [3.63, 3.8) is 0 Å². The molecule has 8 nitrogen and oxygen atoms in total. The van der Waals surface area contributed by atoms with Crippen LogP contribution in [0.3, 0.4) is 0 Å². The van der Waals surface area contributed by atoms with E-state index in [9.17, 15) is 8.42 Å². The Kier molecular flexibility index (Phi) is 4.20. The van der Waals surface area contributed by atoms with E-state index in [1.165, 1.54) is 0 Å². The average molecular weight is 350 g/mol. The van der Waals surface area contributed by atoms with Crippen molar-refractivity contribution in [3.05, 3.63) is 30.2 Å². The highest BCUT2D eigenvalue weighted by Crippen LogP contribution is 2.23. The summed E-state index contributed by atoms with van der Waals surface area (Å²) in [6, 6.07) is 5.73. The molecule has 0 bridgehead atoms. The van der Waals surface area contributed by atoms with Gasteiger partial charge in [0.2, 0.25) is 0 Å². The largest absolute Gasteiger partial charge is 0.349 e. The van der Waals surface area contributed by atoms with Crippen LogP contribution in [-0.2, 0) is 16.4 Å². The molecule has 2 aromatic rings. The Morgan fingerprint density at radius 2 is 2.17 bits per heavy atom. The predicted molar refractivity (Wildman–Crippen MR) is 92.6 cm³/mol. The van der Waals surface area contributed by atoms with Gasteiger partial charge in [-0.3, -0.25) is 9.39 Å². The number of hydrogen-bond donors (Lipinski definition) is 1. The van der Waals surface area contributed by atoms with Crippen molar-refractivity contribution >= 4 is 21.4 Å². The maximum absolute atomic E-state index is 12.1. The van der Waals surface area contributed by atoms with Crippen LogP contribution in [0.2, 0.25) is 0 Å². The molecule has 2 aromatic heterocycles. The minimum absolute atomic E-state index is 0.133. The van der Waals surface area contributed by atoms with Gasteiger partial charge in [-0.15, -0.1) is 10.2 Å². The minimum atomic E-state index is -3.07. The lowest BCUT2D eigenvalue weighted by Gasteiger charge is -2.39. The van der Waals surface area contributed by atoms with Gasteiger partial charge in [-0.1, -0.05) is 6.07 Å². The third kappa shape index (κ3) is 2.95. The molecule has 3 heterocycles. The molecule has 1 saturated heterocycles. The van der Waals surface area contributed by atoms with Crippen molar-refractivity contribution < 1.29 is 8.42 Å². The molecule has 130 valence electrons. The van der Waals surface area contributed by atoms with Gasteiger partial charge in [-0.25, -0.2) is 8.42 Å². The van der Waals surface area contributed by atoms with E-state index in [1.807, 2.05) is 33.7 Å². The fourth-order valence-corrected chi connectivity index (χ4v) is 4.19. The maximum atomic E-state index is 12.1. The van der Waals surface area contributed by atoms with Crippen molar-refractivity contribution in [1.29, 1.82) is 0 Å². The SMILES string of the molecule is CN=C(NCc1nnc2ccccn12)N1CCS(=O)(=O)C(C)(C)C1. The lowest BCUT2D eigenvalue weighted by molar-refractivity contribution is 0.353. The number of pyridine rings is 1. The lowest BCUT2D eigenvalue weighted by atomic mass is 10.2. The van der Waals surface area contributed by atoms with Crippen molar-refractivity contribution in [2.75, 3.05) is 25.9 Å². The maximum Gasteiger partial charge on any atom is 0.194 e. The summed E-state index contributed by atoms with van der Waals surface area (Å²) < 4.78 is 25.4. The molecule has 0 unspecified atom stereocenters. The summed E-state index contributed by atoms with van der Waals surface area (Å²) >= 11 is 0. The molecule has 0 radical (unpaired) electrons. The van der Waals surface area contributed by atoms with Crippen molar-refractivity contribution in [2.24, 2.45) is 4.99 Å². The van der Waals surface area contributed by atoms with Crippen LogP contribution in [0.4, 0.5) is 0 Å². The second kappa shape index (κ2) is 6.04. The number of aliphatic imine (C=N–C) groups is 1. The summed E-state index contributed by atoms with van der Waals surface area (Å²) in [6.45, 7) is 4.82. The van der Waals surface area contributed by atoms with E-state index < -0.39 is 14.6 Å². The normalized spacial score (nSPS) is 20.3. The first kappa shape index (κ1) is 16.7. The first-order valence-electron chi connectivity index (χ1n) is 7.80. The predicted octanol–water partition coefficient (Wildman–Crippen LogP) is 0.314. The molecular formula is C15H22N6O2S. The van der Waals surface area contributed by atoms with Crippen molar-refractivity contribution in [3.8, 4) is 0 Å². The fourth-order valence-electron chi connectivity index (χ4n) is 2.83. The van der Waals surface area contributed by atoms with Crippen molar-refractivity contribution in [1.82, 2.24) is 24.8 Å². The smallest absolute Gasteiger partial charge is 0.194 e. The van der Waals surface area contributed by atoms with Gasteiger partial charge in [-0.2, -0.15) is 0 Å². The number of hydrogen-bond acceptors (Lipinski definition) is 5. The highest BCUT2D eigenvalue weighted by atomic mass is 32.2. The highest BCUT2D eigenvalue weighted by Gasteiger charge is 2.40. The van der Waals surface area contributed by atoms with Crippen LogP contribution in [0.25, 0.3) is 5.65 Å². The van der Waals surface area contributed by atoms with Crippen LogP contribution in [0, 0.1) is 0 Å². The summed E-state index contributed by atoms with van der Waals surface area (Å²) in [7, 11) is -1.38. The molecule has 0 atom stereocenters. The van der Waals surface area contributed by atoms with E-state index in [1.54, 1.807) is 20.9 Å². The first-order valence-corrected chi connectivity index (χ1v) is 9.46. The summed E-state index contributed by atoms with van der Waals surface area (Å²) in [5, 5.41) is 11.6. The van der Waals surface area contributed by atoms with Gasteiger partial charge in [0.05, 0.1) is 17.0 Å². The average Bonchev–Trinajstić information content (AvgIpc) is 2.95. The van der Waals surface area contributed by atoms with Gasteiger partial charge >= 0.3 is 0 Å². The number of nitrogens with zero attached hydrogens (tertiary/aromatic N) is 5. The molecule has 0 saturated carbocycles. The van der Waals surface area contributed by atoms with E-state index in [4.69, 9.17) is 0 Å². The van der Waals surface area contributed by atoms with Crippen molar-refractivity contribution in [2.45, 2.75) is 25.1 Å². The summed E-state index contributed by atoms with van der Waals surface area (Å²) in [4.78, 5) is 6.26. The number of guanidine groups is 1. The Bertz CT molecular complexity index is 871. The molecule has 1 aliphatic rings. The molecule has 0 aromatic carbocycles. The summed E-state index contributed by atoms with van der Waals surface area (Å²) in [5.74, 6) is 1.58. The Labute approximate surface area is 141 Å². The number of rotatable bonds is 2. The molecular weight excluding hydrogens is 328 g/mol. The number of fused-ring (bicyclic) bond motifs is 1. The van der Waals surface area contributed by atoms with Gasteiger partial charge in [0.25, 0.3) is 0 Å². The first-order chi connectivity index (χ1) is 11.3. The molecule has 1 aliphatic heterocycles. The molecule has 24 heavy (non-hydrogen) atoms. The zero-order valence-corrected chi connectivity index (χ0v) is 14.9. The number of aromatic nitrogens is 3. The summed E-state index contributed by atoms with van der Waals surface area (Å²) in [5.41, 5.74) is 0.787. The Morgan fingerprint density at radius 3 is 2.88 bits per heavy atom. The van der Waals surface area contributed by atoms with Crippen LogP contribution in [0.15, 0.2) is 29.4 Å². The Morgan fingerprint density at radius 1 is 1.38 bits per heavy atom. The van der Waals surface area contributed by atoms with E-state index in [2.05, 4.69) is 20.5 Å². The van der Waals surface area contributed by atoms with Crippen LogP contribution in [0.1, 0.15) is 19.7 Å². The Balaban J connectivity index is 1.72. The third-order valence-electron chi connectivity index (χ3n) is 4.34. The van der Waals surface area contributed by atoms with Crippen LogP contribution in [-0.4, -0.2) is 64.5 Å². The van der Waals surface area contributed by atoms with Crippen LogP contribution in [0.5, 0.6) is 0 Å². The van der Waals surface area contributed by atoms with Gasteiger partial charge in [0.15, 0.2) is 27.3 Å². The van der Waals surface area contributed by atoms with Gasteiger partial charge < -0.3 is 10.2 Å². The van der Waals surface area contributed by atoms with Crippen LogP contribution >= 0.6 is 0 Å². The topological polar surface area (TPSA) is 92.0 Å². The van der Waals surface area contributed by atoms with E-state index in [-0.39, 0.29) is 5.75 Å². The Hall–Kier alpha value is -2.16. The highest BCUT2D eigenvalue weighted by molar-refractivity contribution is 7.92. The molecule has 3 rings (SSSR count). The van der Waals surface area contributed by atoms with Gasteiger partial charge in [-0.05, 0) is 26.0 Å². The van der Waals surface area contributed by atoms with E-state index in [0.29, 0.717) is 25.6 Å². The molecule has 0 aliphatic carbocycles. The van der Waals surface area contributed by atoms with Crippen LogP contribution < -0.4 is 5.32 Å². The second-order valence-corrected chi connectivity index (χ2v) is 9.19. The molecule has 0 spiro atoms. The monoisotopic (exact) mass is 350 g/mol. The minimum Gasteiger partial charge on any atom is -0.349 e. The third-order valence-corrected chi connectivity index (χ3v) is 6.88. The zero-order chi connectivity index (χ0) is 17.4. The van der Waals surface area contributed by atoms with Gasteiger partial charge in [0, 0.05) is 26.3 Å². The molecule has 1 fully saturated rings. The standard InChI is InChI=1S/C15H22N6O2S/c1-15(2)11-20(8-9-24(15,22)23)14(16-3)17-10-13-19-18-12-6-4-5-7-21(12)13/h4-7H,8-11H2,1-3H3,(H,16,17). The molecule has 0 amide bonds. The van der Waals surface area contributed by atoms with E-state index in [0.717, 1.165) is 11.5 Å². The molecule has 9 heteroatoms. The molecule has 1 N–H and O–H groups in total. The fraction of sp³-hybridized carbons (Fsp3) is 0.533. The second-order valence-electron chi connectivity index (χ2n) is 6.45. The number of nitrogens with one attached hydrogen (secondary N) is 1. The zero-order valence-electron chi connectivity index (χ0n) is 14.1. The van der Waals surface area contributed by atoms with Gasteiger partial charge in [0.1, 0.15) is 0 Å². The quantitative estimate of drug-likeness (QED) is 0.619. The summed E-state index contributed by atoms with van der Waals surface area (Å²) in [6.07, 6.45) is 1.91. The lowest BCUT2D eigenvalue weighted by Crippen LogP contribution is -2.57.